The summed E-state index contributed by atoms with van der Waals surface area (Å²) in [5.74, 6) is 0.287. The Bertz CT molecular complexity index is 1400. The van der Waals surface area contributed by atoms with Crippen molar-refractivity contribution in [3.63, 3.8) is 0 Å². The third-order valence-corrected chi connectivity index (χ3v) is 7.80. The second-order valence-electron chi connectivity index (χ2n) is 10.2. The van der Waals surface area contributed by atoms with Gasteiger partial charge in [0.15, 0.2) is 17.1 Å². The van der Waals surface area contributed by atoms with Crippen molar-refractivity contribution in [3.8, 4) is 11.5 Å². The zero-order valence-electron chi connectivity index (χ0n) is 23.9. The SMILES string of the molecule is COc1cccc2cc(C(=O)N(CCCOC(C)C)C3CC(C(=O)NCCO)=CC(Oc4ccccc4I)C3O)oc12. The molecule has 2 amide bonds. The summed E-state index contributed by atoms with van der Waals surface area (Å²) >= 11 is 2.14. The molecule has 3 aromatic rings. The van der Waals surface area contributed by atoms with Gasteiger partial charge >= 0.3 is 0 Å². The maximum Gasteiger partial charge on any atom is 0.289 e. The molecule has 1 heterocycles. The molecule has 2 aromatic carbocycles. The van der Waals surface area contributed by atoms with E-state index in [4.69, 9.17) is 18.6 Å². The van der Waals surface area contributed by atoms with Gasteiger partial charge in [0.1, 0.15) is 18.0 Å². The highest BCUT2D eigenvalue weighted by molar-refractivity contribution is 14.1. The van der Waals surface area contributed by atoms with Crippen LogP contribution in [0.15, 0.2) is 64.6 Å². The monoisotopic (exact) mass is 692 g/mol. The number of nitrogens with zero attached hydrogens (tertiary/aromatic N) is 1. The fourth-order valence-corrected chi connectivity index (χ4v) is 5.40. The molecule has 10 nitrogen and oxygen atoms in total. The standard InChI is InChI=1S/C31H37IN2O8/c1-19(2)40-15-7-13-34(31(38)27-17-20-8-6-11-25(39-3)29(20)42-27)23-16-21(30(37)33-12-14-35)18-26(28(23)36)41-24-10-5-4-9-22(24)32/h4-6,8-11,17-19,23,26,28,35-36H,7,12-16H2,1-3H3,(H,33,37). The van der Waals surface area contributed by atoms with E-state index in [1.54, 1.807) is 24.3 Å². The van der Waals surface area contributed by atoms with Gasteiger partial charge in [0.25, 0.3) is 5.91 Å². The average Bonchev–Trinajstić information content (AvgIpc) is 3.42. The van der Waals surface area contributed by atoms with Gasteiger partial charge in [-0.2, -0.15) is 0 Å². The van der Waals surface area contributed by atoms with Crippen molar-refractivity contribution in [2.45, 2.75) is 51.0 Å². The van der Waals surface area contributed by atoms with E-state index >= 15 is 0 Å². The van der Waals surface area contributed by atoms with Gasteiger partial charge in [-0.3, -0.25) is 9.59 Å². The van der Waals surface area contributed by atoms with Crippen LogP contribution < -0.4 is 14.8 Å². The molecule has 42 heavy (non-hydrogen) atoms. The number of fused-ring (bicyclic) bond motifs is 1. The Morgan fingerprint density at radius 1 is 1.17 bits per heavy atom. The third kappa shape index (κ3) is 7.63. The molecule has 0 spiro atoms. The molecule has 11 heteroatoms. The number of halogens is 1. The molecular formula is C31H37IN2O8. The maximum absolute atomic E-state index is 14.1. The number of ether oxygens (including phenoxy) is 3. The van der Waals surface area contributed by atoms with Gasteiger partial charge in [-0.15, -0.1) is 0 Å². The number of amides is 2. The highest BCUT2D eigenvalue weighted by Gasteiger charge is 2.41. The van der Waals surface area contributed by atoms with E-state index in [9.17, 15) is 19.8 Å². The summed E-state index contributed by atoms with van der Waals surface area (Å²) in [6.07, 6.45) is 0.0944. The van der Waals surface area contributed by atoms with Crippen molar-refractivity contribution in [1.29, 1.82) is 0 Å². The van der Waals surface area contributed by atoms with Crippen molar-refractivity contribution >= 4 is 45.4 Å². The van der Waals surface area contributed by atoms with Crippen LogP contribution in [0.25, 0.3) is 11.0 Å². The summed E-state index contributed by atoms with van der Waals surface area (Å²) in [5, 5.41) is 24.3. The third-order valence-electron chi connectivity index (χ3n) is 6.91. The molecule has 0 bridgehead atoms. The molecule has 226 valence electrons. The Balaban J connectivity index is 1.70. The number of benzene rings is 2. The topological polar surface area (TPSA) is 131 Å². The lowest BCUT2D eigenvalue weighted by molar-refractivity contribution is -0.118. The lowest BCUT2D eigenvalue weighted by Gasteiger charge is -2.40. The average molecular weight is 693 g/mol. The van der Waals surface area contributed by atoms with Crippen molar-refractivity contribution in [3.05, 3.63) is 69.5 Å². The van der Waals surface area contributed by atoms with Gasteiger partial charge in [0.2, 0.25) is 5.91 Å². The van der Waals surface area contributed by atoms with Gasteiger partial charge in [0.05, 0.1) is 29.4 Å². The van der Waals surface area contributed by atoms with E-state index < -0.39 is 30.1 Å². The summed E-state index contributed by atoms with van der Waals surface area (Å²) in [6.45, 7) is 4.36. The molecule has 0 aliphatic heterocycles. The second-order valence-corrected chi connectivity index (χ2v) is 11.4. The van der Waals surface area contributed by atoms with Crippen LogP contribution in [0.2, 0.25) is 0 Å². The molecule has 3 unspecified atom stereocenters. The number of rotatable bonds is 13. The largest absolute Gasteiger partial charge is 0.493 e. The van der Waals surface area contributed by atoms with E-state index in [0.717, 1.165) is 3.57 Å². The molecule has 1 aromatic heterocycles. The highest BCUT2D eigenvalue weighted by atomic mass is 127. The van der Waals surface area contributed by atoms with Crippen LogP contribution in [-0.2, 0) is 9.53 Å². The van der Waals surface area contributed by atoms with E-state index in [-0.39, 0.29) is 38.0 Å². The molecule has 1 aliphatic rings. The molecule has 0 fully saturated rings. The number of hydrogen-bond donors (Lipinski definition) is 3. The predicted molar refractivity (Wildman–Crippen MR) is 166 cm³/mol. The van der Waals surface area contributed by atoms with Gasteiger partial charge in [-0.25, -0.2) is 0 Å². The predicted octanol–water partition coefficient (Wildman–Crippen LogP) is 3.92. The Kier molecular flexibility index (Phi) is 11.2. The summed E-state index contributed by atoms with van der Waals surface area (Å²) < 4.78 is 24.2. The first kappa shape index (κ1) is 31.8. The number of furan rings is 1. The van der Waals surface area contributed by atoms with Crippen molar-refractivity contribution in [2.75, 3.05) is 33.4 Å². The fraction of sp³-hybridized carbons (Fsp3) is 0.419. The number of hydrogen-bond acceptors (Lipinski definition) is 8. The van der Waals surface area contributed by atoms with Gasteiger partial charge in [-0.1, -0.05) is 24.3 Å². The van der Waals surface area contributed by atoms with Crippen LogP contribution >= 0.6 is 22.6 Å². The molecule has 3 atom stereocenters. The molecule has 4 rings (SSSR count). The zero-order chi connectivity index (χ0) is 30.2. The molecular weight excluding hydrogens is 655 g/mol. The summed E-state index contributed by atoms with van der Waals surface area (Å²) in [7, 11) is 1.53. The molecule has 0 saturated heterocycles. The van der Waals surface area contributed by atoms with Crippen LogP contribution in [0.5, 0.6) is 11.5 Å². The number of carbonyl (C=O) groups excluding carboxylic acids is 2. The smallest absolute Gasteiger partial charge is 0.289 e. The van der Waals surface area contributed by atoms with Crippen LogP contribution in [0, 0.1) is 3.57 Å². The number of carbonyl (C=O) groups is 2. The Morgan fingerprint density at radius 3 is 2.64 bits per heavy atom. The van der Waals surface area contributed by atoms with E-state index in [1.807, 2.05) is 44.2 Å². The zero-order valence-corrected chi connectivity index (χ0v) is 26.1. The molecule has 0 radical (unpaired) electrons. The van der Waals surface area contributed by atoms with Crippen molar-refractivity contribution < 1.29 is 38.4 Å². The minimum absolute atomic E-state index is 0.0214. The quantitative estimate of drug-likeness (QED) is 0.182. The van der Waals surface area contributed by atoms with E-state index in [1.165, 1.54) is 12.0 Å². The summed E-state index contributed by atoms with van der Waals surface area (Å²) in [4.78, 5) is 28.7. The summed E-state index contributed by atoms with van der Waals surface area (Å²) in [6, 6.07) is 13.6. The molecule has 0 saturated carbocycles. The number of para-hydroxylation sites is 2. The lowest BCUT2D eigenvalue weighted by Crippen LogP contribution is -2.55. The molecule has 3 N–H and O–H groups in total. The first-order valence-corrected chi connectivity index (χ1v) is 15.0. The Morgan fingerprint density at radius 2 is 1.93 bits per heavy atom. The number of aliphatic hydroxyl groups excluding tert-OH is 2. The highest BCUT2D eigenvalue weighted by Crippen LogP contribution is 2.33. The summed E-state index contributed by atoms with van der Waals surface area (Å²) in [5.41, 5.74) is 0.789. The van der Waals surface area contributed by atoms with E-state index in [0.29, 0.717) is 41.1 Å². The Hall–Kier alpha value is -3.13. The van der Waals surface area contributed by atoms with Crippen molar-refractivity contribution in [2.24, 2.45) is 0 Å². The van der Waals surface area contributed by atoms with Gasteiger partial charge < -0.3 is 39.1 Å². The van der Waals surface area contributed by atoms with Crippen LogP contribution in [-0.4, -0.2) is 84.7 Å². The lowest BCUT2D eigenvalue weighted by atomic mass is 9.88. The fourth-order valence-electron chi connectivity index (χ4n) is 4.88. The first-order chi connectivity index (χ1) is 20.2. The molecule has 1 aliphatic carbocycles. The number of aliphatic hydroxyl groups is 2. The number of methoxy groups -OCH3 is 1. The number of nitrogens with one attached hydrogen (secondary N) is 1. The van der Waals surface area contributed by atoms with Gasteiger partial charge in [-0.05, 0) is 73.2 Å². The van der Waals surface area contributed by atoms with Crippen LogP contribution in [0.3, 0.4) is 0 Å². The minimum atomic E-state index is -1.16. The van der Waals surface area contributed by atoms with Crippen LogP contribution in [0.1, 0.15) is 37.2 Å². The second kappa shape index (κ2) is 14.9. The first-order valence-electron chi connectivity index (χ1n) is 13.9. The normalized spacial score (nSPS) is 18.5. The minimum Gasteiger partial charge on any atom is -0.493 e. The van der Waals surface area contributed by atoms with Crippen LogP contribution in [0.4, 0.5) is 0 Å². The van der Waals surface area contributed by atoms with Crippen molar-refractivity contribution in [1.82, 2.24) is 10.2 Å². The maximum atomic E-state index is 14.1. The van der Waals surface area contributed by atoms with Gasteiger partial charge in [0, 0.05) is 37.1 Å². The Labute approximate surface area is 258 Å². The van der Waals surface area contributed by atoms with E-state index in [2.05, 4.69) is 27.9 Å².